The van der Waals surface area contributed by atoms with Gasteiger partial charge >= 0.3 is 5.69 Å². The highest BCUT2D eigenvalue weighted by molar-refractivity contribution is 5.69. The lowest BCUT2D eigenvalue weighted by molar-refractivity contribution is 0.190. The van der Waals surface area contributed by atoms with E-state index in [1.807, 2.05) is 0 Å². The Morgan fingerprint density at radius 2 is 2.16 bits per heavy atom. The summed E-state index contributed by atoms with van der Waals surface area (Å²) in [5.41, 5.74) is 5.38. The van der Waals surface area contributed by atoms with Gasteiger partial charge in [0, 0.05) is 27.3 Å². The van der Waals surface area contributed by atoms with E-state index in [1.165, 1.54) is 11.6 Å². The largest absolute Gasteiger partial charge is 0.385 e. The second-order valence-electron chi connectivity index (χ2n) is 4.23. The number of nitrogens with zero attached hydrogens (tertiary/aromatic N) is 3. The summed E-state index contributed by atoms with van der Waals surface area (Å²) in [6, 6.07) is 0. The smallest absolute Gasteiger partial charge is 0.332 e. The van der Waals surface area contributed by atoms with Gasteiger partial charge in [0.1, 0.15) is 11.3 Å². The topological polar surface area (TPSA) is 108 Å². The molecular formula is C11H17N5O3. The number of methoxy groups -OCH3 is 1. The highest BCUT2D eigenvalue weighted by Crippen LogP contribution is 2.05. The summed E-state index contributed by atoms with van der Waals surface area (Å²) in [6.07, 6.45) is 0.661. The number of hydrogen-bond acceptors (Lipinski definition) is 5. The van der Waals surface area contributed by atoms with Gasteiger partial charge in [0.25, 0.3) is 5.56 Å². The van der Waals surface area contributed by atoms with Gasteiger partial charge in [-0.25, -0.2) is 9.78 Å². The average Bonchev–Trinajstić information content (AvgIpc) is 2.84. The van der Waals surface area contributed by atoms with E-state index in [-0.39, 0.29) is 12.2 Å². The Morgan fingerprint density at radius 3 is 2.79 bits per heavy atom. The molecule has 0 aliphatic heterocycles. The normalized spacial score (nSPS) is 11.3. The van der Waals surface area contributed by atoms with E-state index in [0.717, 1.165) is 4.57 Å². The third-order valence-electron chi connectivity index (χ3n) is 2.95. The Morgan fingerprint density at radius 1 is 1.42 bits per heavy atom. The summed E-state index contributed by atoms with van der Waals surface area (Å²) >= 11 is 0. The molecule has 0 radical (unpaired) electrons. The number of H-pyrrole nitrogens is 1. The van der Waals surface area contributed by atoms with Crippen LogP contribution in [-0.4, -0.2) is 32.8 Å². The number of fused-ring (bicyclic) bond motifs is 1. The lowest BCUT2D eigenvalue weighted by Crippen LogP contribution is -2.38. The van der Waals surface area contributed by atoms with Crippen LogP contribution in [0.15, 0.2) is 9.59 Å². The van der Waals surface area contributed by atoms with Crippen molar-refractivity contribution >= 4 is 11.2 Å². The van der Waals surface area contributed by atoms with Gasteiger partial charge in [0.2, 0.25) is 0 Å². The van der Waals surface area contributed by atoms with Crippen LogP contribution >= 0.6 is 0 Å². The van der Waals surface area contributed by atoms with Crippen LogP contribution in [0, 0.1) is 0 Å². The Kier molecular flexibility index (Phi) is 3.82. The minimum atomic E-state index is -0.393. The molecule has 0 aromatic carbocycles. The van der Waals surface area contributed by atoms with Crippen molar-refractivity contribution in [2.24, 2.45) is 12.8 Å². The van der Waals surface area contributed by atoms with E-state index in [9.17, 15) is 9.59 Å². The van der Waals surface area contributed by atoms with Crippen LogP contribution in [0.5, 0.6) is 0 Å². The third kappa shape index (κ3) is 2.32. The maximum absolute atomic E-state index is 12.1. The first-order valence-corrected chi connectivity index (χ1v) is 5.97. The number of aromatic nitrogens is 4. The van der Waals surface area contributed by atoms with E-state index in [0.29, 0.717) is 36.6 Å². The van der Waals surface area contributed by atoms with Crippen molar-refractivity contribution in [2.45, 2.75) is 19.5 Å². The highest BCUT2D eigenvalue weighted by atomic mass is 16.5. The predicted octanol–water partition coefficient (Wildman–Crippen LogP) is -1.08. The van der Waals surface area contributed by atoms with Gasteiger partial charge in [-0.05, 0) is 6.42 Å². The van der Waals surface area contributed by atoms with E-state index < -0.39 is 5.56 Å². The van der Waals surface area contributed by atoms with Crippen molar-refractivity contribution in [3.05, 3.63) is 26.7 Å². The SMILES string of the molecule is COCCCn1c(=O)n(C)c(=O)c2[nH]c(CN)nc21. The molecule has 0 aliphatic rings. The molecule has 2 rings (SSSR count). The Labute approximate surface area is 108 Å². The monoisotopic (exact) mass is 267 g/mol. The minimum absolute atomic E-state index is 0.185. The first-order chi connectivity index (χ1) is 9.10. The fraction of sp³-hybridized carbons (Fsp3) is 0.545. The molecule has 0 saturated carbocycles. The van der Waals surface area contributed by atoms with Crippen molar-refractivity contribution in [3.63, 3.8) is 0 Å². The molecular weight excluding hydrogens is 250 g/mol. The fourth-order valence-corrected chi connectivity index (χ4v) is 1.95. The van der Waals surface area contributed by atoms with E-state index in [2.05, 4.69) is 9.97 Å². The van der Waals surface area contributed by atoms with Crippen molar-refractivity contribution in [2.75, 3.05) is 13.7 Å². The molecule has 0 aliphatic carbocycles. The lowest BCUT2D eigenvalue weighted by atomic mass is 10.4. The molecule has 2 heterocycles. The summed E-state index contributed by atoms with van der Waals surface area (Å²) in [5, 5.41) is 0. The minimum Gasteiger partial charge on any atom is -0.385 e. The number of aromatic amines is 1. The van der Waals surface area contributed by atoms with Gasteiger partial charge in [-0.1, -0.05) is 0 Å². The van der Waals surface area contributed by atoms with Crippen molar-refractivity contribution in [1.29, 1.82) is 0 Å². The predicted molar refractivity (Wildman–Crippen MR) is 70.0 cm³/mol. The maximum Gasteiger partial charge on any atom is 0.332 e. The van der Waals surface area contributed by atoms with Crippen molar-refractivity contribution in [1.82, 2.24) is 19.1 Å². The standard InChI is InChI=1S/C11H17N5O3/c1-15-10(17)8-9(14-7(6-12)13-8)16(11(15)18)4-3-5-19-2/h3-6,12H2,1-2H3,(H,13,14). The van der Waals surface area contributed by atoms with Crippen LogP contribution in [0.2, 0.25) is 0 Å². The second kappa shape index (κ2) is 5.37. The quantitative estimate of drug-likeness (QED) is 0.670. The molecule has 0 amide bonds. The lowest BCUT2D eigenvalue weighted by Gasteiger charge is -2.07. The van der Waals surface area contributed by atoms with E-state index in [4.69, 9.17) is 10.5 Å². The summed E-state index contributed by atoms with van der Waals surface area (Å²) in [6.45, 7) is 1.15. The third-order valence-corrected chi connectivity index (χ3v) is 2.95. The zero-order chi connectivity index (χ0) is 14.0. The molecule has 0 bridgehead atoms. The second-order valence-corrected chi connectivity index (χ2v) is 4.23. The number of aryl methyl sites for hydroxylation is 1. The number of ether oxygens (including phenoxy) is 1. The van der Waals surface area contributed by atoms with Crippen LogP contribution in [0.3, 0.4) is 0 Å². The van der Waals surface area contributed by atoms with Gasteiger partial charge in [-0.15, -0.1) is 0 Å². The summed E-state index contributed by atoms with van der Waals surface area (Å²) in [4.78, 5) is 31.1. The molecule has 19 heavy (non-hydrogen) atoms. The number of imidazole rings is 1. The first kappa shape index (κ1) is 13.5. The summed E-state index contributed by atoms with van der Waals surface area (Å²) < 4.78 is 7.49. The Bertz CT molecular complexity index is 697. The molecule has 0 saturated heterocycles. The number of nitrogens with one attached hydrogen (secondary N) is 1. The number of nitrogens with two attached hydrogens (primary N) is 1. The number of rotatable bonds is 5. The molecule has 2 aromatic heterocycles. The van der Waals surface area contributed by atoms with Gasteiger partial charge < -0.3 is 15.5 Å². The fourth-order valence-electron chi connectivity index (χ4n) is 1.95. The zero-order valence-electron chi connectivity index (χ0n) is 11.0. The molecule has 0 spiro atoms. The Hall–Kier alpha value is -1.93. The van der Waals surface area contributed by atoms with Gasteiger partial charge in [-0.3, -0.25) is 13.9 Å². The Balaban J connectivity index is 2.63. The molecule has 0 unspecified atom stereocenters. The summed E-state index contributed by atoms with van der Waals surface area (Å²) in [7, 11) is 3.04. The molecule has 2 aromatic rings. The summed E-state index contributed by atoms with van der Waals surface area (Å²) in [5.74, 6) is 0.484. The maximum atomic E-state index is 12.1. The van der Waals surface area contributed by atoms with Gasteiger partial charge in [0.15, 0.2) is 5.65 Å². The zero-order valence-corrected chi connectivity index (χ0v) is 11.0. The number of hydrogen-bond donors (Lipinski definition) is 2. The van der Waals surface area contributed by atoms with Crippen LogP contribution < -0.4 is 17.0 Å². The molecule has 0 atom stereocenters. The first-order valence-electron chi connectivity index (χ1n) is 5.97. The van der Waals surface area contributed by atoms with Crippen LogP contribution in [0.4, 0.5) is 0 Å². The van der Waals surface area contributed by atoms with Gasteiger partial charge in [-0.2, -0.15) is 0 Å². The average molecular weight is 267 g/mol. The highest BCUT2D eigenvalue weighted by Gasteiger charge is 2.14. The molecule has 3 N–H and O–H groups in total. The van der Waals surface area contributed by atoms with Crippen molar-refractivity contribution in [3.8, 4) is 0 Å². The van der Waals surface area contributed by atoms with Crippen LogP contribution in [-0.2, 0) is 24.9 Å². The molecule has 0 fully saturated rings. The molecule has 104 valence electrons. The van der Waals surface area contributed by atoms with Crippen LogP contribution in [0.25, 0.3) is 11.2 Å². The molecule has 8 nitrogen and oxygen atoms in total. The van der Waals surface area contributed by atoms with E-state index in [1.54, 1.807) is 7.11 Å². The molecule has 8 heteroatoms. The van der Waals surface area contributed by atoms with Crippen LogP contribution in [0.1, 0.15) is 12.2 Å². The van der Waals surface area contributed by atoms with E-state index >= 15 is 0 Å². The van der Waals surface area contributed by atoms with Crippen molar-refractivity contribution < 1.29 is 4.74 Å². The van der Waals surface area contributed by atoms with Gasteiger partial charge in [0.05, 0.1) is 6.54 Å².